The third-order valence-electron chi connectivity index (χ3n) is 4.78. The van der Waals surface area contributed by atoms with Crippen molar-refractivity contribution in [2.45, 2.75) is 26.9 Å². The number of ether oxygens (including phenoxy) is 1. The van der Waals surface area contributed by atoms with Crippen LogP contribution in [-0.4, -0.2) is 11.8 Å². The summed E-state index contributed by atoms with van der Waals surface area (Å²) in [6, 6.07) is 20.3. The van der Waals surface area contributed by atoms with Gasteiger partial charge in [0.25, 0.3) is 0 Å². The van der Waals surface area contributed by atoms with Gasteiger partial charge in [0.2, 0.25) is 0 Å². The summed E-state index contributed by atoms with van der Waals surface area (Å²) >= 11 is 0. The predicted molar refractivity (Wildman–Crippen MR) is 118 cm³/mol. The molecule has 0 atom stereocenters. The number of carbonyl (C=O) groups is 1. The smallest absolute Gasteiger partial charge is 0.365 e. The fourth-order valence-electron chi connectivity index (χ4n) is 2.90. The number of hydrogen-bond donors (Lipinski definition) is 2. The summed E-state index contributed by atoms with van der Waals surface area (Å²) < 4.78 is 5.80. The lowest BCUT2D eigenvalue weighted by Crippen LogP contribution is -2.17. The zero-order valence-electron chi connectivity index (χ0n) is 17.1. The molecule has 0 aliphatic rings. The Morgan fingerprint density at radius 2 is 1.73 bits per heavy atom. The summed E-state index contributed by atoms with van der Waals surface area (Å²) in [6.45, 7) is 4.27. The van der Waals surface area contributed by atoms with Gasteiger partial charge < -0.3 is 21.0 Å². The van der Waals surface area contributed by atoms with Crippen LogP contribution in [0.15, 0.2) is 71.9 Å². The Hall–Kier alpha value is -3.80. The van der Waals surface area contributed by atoms with E-state index in [4.69, 9.17) is 21.0 Å². The molecule has 0 aliphatic heterocycles. The predicted octanol–water partition coefficient (Wildman–Crippen LogP) is 4.20. The largest absolute Gasteiger partial charge is 0.489 e. The molecule has 0 unspecified atom stereocenters. The zero-order chi connectivity index (χ0) is 21.5. The van der Waals surface area contributed by atoms with E-state index in [9.17, 15) is 4.79 Å². The number of hydrogen-bond acceptors (Lipinski definition) is 5. The van der Waals surface area contributed by atoms with Crippen LogP contribution in [0, 0.1) is 6.92 Å². The van der Waals surface area contributed by atoms with Gasteiger partial charge in [-0.3, -0.25) is 0 Å². The van der Waals surface area contributed by atoms with Crippen LogP contribution in [0.1, 0.15) is 39.5 Å². The fourth-order valence-corrected chi connectivity index (χ4v) is 2.90. The van der Waals surface area contributed by atoms with E-state index in [1.165, 1.54) is 5.56 Å². The van der Waals surface area contributed by atoms with E-state index in [1.807, 2.05) is 37.3 Å². The first-order valence-corrected chi connectivity index (χ1v) is 9.69. The molecule has 0 spiro atoms. The van der Waals surface area contributed by atoms with Crippen LogP contribution in [0.5, 0.6) is 5.75 Å². The van der Waals surface area contributed by atoms with Gasteiger partial charge in [0.1, 0.15) is 12.4 Å². The van der Waals surface area contributed by atoms with Crippen molar-refractivity contribution in [2.75, 3.05) is 5.73 Å². The van der Waals surface area contributed by atoms with Crippen LogP contribution < -0.4 is 16.2 Å². The van der Waals surface area contributed by atoms with Crippen molar-refractivity contribution in [3.05, 3.63) is 94.5 Å². The van der Waals surface area contributed by atoms with Gasteiger partial charge in [-0.05, 0) is 60.4 Å². The van der Waals surface area contributed by atoms with E-state index in [-0.39, 0.29) is 5.84 Å². The molecular formula is C24H25N3O3. The maximum absolute atomic E-state index is 12.4. The number of anilines is 1. The zero-order valence-corrected chi connectivity index (χ0v) is 17.1. The highest BCUT2D eigenvalue weighted by Gasteiger charge is 2.11. The summed E-state index contributed by atoms with van der Waals surface area (Å²) in [4.78, 5) is 17.4. The first kappa shape index (κ1) is 20.9. The average molecular weight is 403 g/mol. The maximum atomic E-state index is 12.4. The molecule has 4 N–H and O–H groups in total. The highest BCUT2D eigenvalue weighted by Crippen LogP contribution is 2.17. The van der Waals surface area contributed by atoms with Gasteiger partial charge in [-0.15, -0.1) is 0 Å². The van der Waals surface area contributed by atoms with Crippen molar-refractivity contribution < 1.29 is 14.4 Å². The Bertz CT molecular complexity index is 1060. The maximum Gasteiger partial charge on any atom is 0.365 e. The monoisotopic (exact) mass is 403 g/mol. The van der Waals surface area contributed by atoms with Crippen molar-refractivity contribution in [1.29, 1.82) is 0 Å². The van der Waals surface area contributed by atoms with E-state index in [2.05, 4.69) is 12.1 Å². The number of nitrogen functional groups attached to an aromatic ring is 1. The Balaban J connectivity index is 1.64. The third-order valence-corrected chi connectivity index (χ3v) is 4.78. The topological polar surface area (TPSA) is 99.9 Å². The van der Waals surface area contributed by atoms with Crippen LogP contribution in [0.25, 0.3) is 0 Å². The molecule has 0 aromatic heterocycles. The van der Waals surface area contributed by atoms with E-state index >= 15 is 0 Å². The Labute approximate surface area is 176 Å². The number of nitrogens with two attached hydrogens (primary N) is 2. The molecule has 0 fully saturated rings. The van der Waals surface area contributed by atoms with E-state index in [0.717, 1.165) is 23.3 Å². The molecule has 30 heavy (non-hydrogen) atoms. The second kappa shape index (κ2) is 9.60. The SMILES string of the molecule is CCc1ccc(OCc2cccc(C(=O)O/N=C(\N)c3cccc(N)c3C)c2)cc1. The fraction of sp³-hybridized carbons (Fsp3) is 0.167. The summed E-state index contributed by atoms with van der Waals surface area (Å²) in [5, 5.41) is 3.77. The molecule has 0 saturated heterocycles. The lowest BCUT2D eigenvalue weighted by Gasteiger charge is -2.08. The van der Waals surface area contributed by atoms with Crippen molar-refractivity contribution >= 4 is 17.5 Å². The van der Waals surface area contributed by atoms with E-state index in [0.29, 0.717) is 23.4 Å². The summed E-state index contributed by atoms with van der Waals surface area (Å²) in [7, 11) is 0. The highest BCUT2D eigenvalue weighted by molar-refractivity contribution is 6.00. The summed E-state index contributed by atoms with van der Waals surface area (Å²) in [5.41, 5.74) is 16.3. The first-order chi connectivity index (χ1) is 14.5. The minimum Gasteiger partial charge on any atom is -0.489 e. The molecule has 0 saturated carbocycles. The van der Waals surface area contributed by atoms with E-state index < -0.39 is 5.97 Å². The number of benzene rings is 3. The van der Waals surface area contributed by atoms with Gasteiger partial charge in [-0.1, -0.05) is 48.5 Å². The molecule has 154 valence electrons. The number of rotatable bonds is 7. The average Bonchev–Trinajstić information content (AvgIpc) is 2.78. The molecule has 6 heteroatoms. The molecule has 3 rings (SSSR count). The normalized spacial score (nSPS) is 11.2. The van der Waals surface area contributed by atoms with Crippen LogP contribution >= 0.6 is 0 Å². The Morgan fingerprint density at radius 3 is 2.47 bits per heavy atom. The molecule has 0 bridgehead atoms. The van der Waals surface area contributed by atoms with Crippen LogP contribution in [0.3, 0.4) is 0 Å². The molecule has 3 aromatic rings. The standard InChI is InChI=1S/C24H25N3O3/c1-3-17-10-12-20(13-11-17)29-15-18-6-4-7-19(14-18)24(28)30-27-23(26)21-8-5-9-22(25)16(21)2/h4-14H,3,15,25H2,1-2H3,(H2,26,27). The highest BCUT2D eigenvalue weighted by atomic mass is 16.7. The molecule has 0 radical (unpaired) electrons. The summed E-state index contributed by atoms with van der Waals surface area (Å²) in [5.74, 6) is 0.256. The van der Waals surface area contributed by atoms with Gasteiger partial charge in [0.05, 0.1) is 5.56 Å². The molecule has 3 aromatic carbocycles. The molecule has 6 nitrogen and oxygen atoms in total. The number of amidine groups is 1. The van der Waals surface area contributed by atoms with E-state index in [1.54, 1.807) is 36.4 Å². The quantitative estimate of drug-likeness (QED) is 0.202. The minimum atomic E-state index is -0.603. The van der Waals surface area contributed by atoms with Crippen LogP contribution in [-0.2, 0) is 17.9 Å². The second-order valence-corrected chi connectivity index (χ2v) is 6.86. The number of carbonyl (C=O) groups excluding carboxylic acids is 1. The van der Waals surface area contributed by atoms with Gasteiger partial charge >= 0.3 is 5.97 Å². The van der Waals surface area contributed by atoms with Crippen molar-refractivity contribution in [1.82, 2.24) is 0 Å². The van der Waals surface area contributed by atoms with Gasteiger partial charge in [-0.25, -0.2) is 4.79 Å². The van der Waals surface area contributed by atoms with Gasteiger partial charge in [-0.2, -0.15) is 0 Å². The van der Waals surface area contributed by atoms with Crippen molar-refractivity contribution in [3.8, 4) is 5.75 Å². The molecule has 0 amide bonds. The Kier molecular flexibility index (Phi) is 6.70. The minimum absolute atomic E-state index is 0.0863. The number of nitrogens with zero attached hydrogens (tertiary/aromatic N) is 1. The van der Waals surface area contributed by atoms with Crippen LogP contribution in [0.4, 0.5) is 5.69 Å². The van der Waals surface area contributed by atoms with Crippen LogP contribution in [0.2, 0.25) is 0 Å². The first-order valence-electron chi connectivity index (χ1n) is 9.69. The van der Waals surface area contributed by atoms with Crippen molar-refractivity contribution in [3.63, 3.8) is 0 Å². The second-order valence-electron chi connectivity index (χ2n) is 6.86. The molecule has 0 heterocycles. The number of oxime groups is 1. The third kappa shape index (κ3) is 5.17. The number of aryl methyl sites for hydroxylation is 1. The molecular weight excluding hydrogens is 378 g/mol. The Morgan fingerprint density at radius 1 is 1.00 bits per heavy atom. The lowest BCUT2D eigenvalue weighted by molar-refractivity contribution is 0.0516. The lowest BCUT2D eigenvalue weighted by atomic mass is 10.1. The van der Waals surface area contributed by atoms with Gasteiger partial charge in [0.15, 0.2) is 5.84 Å². The summed E-state index contributed by atoms with van der Waals surface area (Å²) in [6.07, 6.45) is 0.981. The molecule has 0 aliphatic carbocycles. The van der Waals surface area contributed by atoms with Gasteiger partial charge in [0, 0.05) is 11.3 Å². The van der Waals surface area contributed by atoms with Crippen molar-refractivity contribution in [2.24, 2.45) is 10.9 Å².